The van der Waals surface area contributed by atoms with Crippen molar-refractivity contribution in [1.82, 2.24) is 15.0 Å². The lowest BCUT2D eigenvalue weighted by atomic mass is 9.95. The van der Waals surface area contributed by atoms with E-state index in [4.69, 9.17) is 19.4 Å². The Morgan fingerprint density at radius 2 is 0.982 bits per heavy atom. The molecule has 0 fully saturated rings. The summed E-state index contributed by atoms with van der Waals surface area (Å²) in [6.07, 6.45) is 0. The van der Waals surface area contributed by atoms with Gasteiger partial charge in [0.25, 0.3) is 0 Å². The molecule has 0 N–H and O–H groups in total. The van der Waals surface area contributed by atoms with Crippen molar-refractivity contribution in [1.29, 1.82) is 0 Å². The Labute approximate surface area is 322 Å². The molecule has 55 heavy (non-hydrogen) atoms. The number of benzene rings is 8. The number of furan rings is 1. The number of hydrogen-bond acceptors (Lipinski definition) is 6. The molecule has 0 spiro atoms. The van der Waals surface area contributed by atoms with Gasteiger partial charge in [0.15, 0.2) is 17.5 Å². The van der Waals surface area contributed by atoms with Gasteiger partial charge < -0.3 is 4.42 Å². The lowest BCUT2D eigenvalue weighted by Crippen LogP contribution is -2.00. The standard InChI is InChI=1S/C49H27N3OS2/c1-3-13-28(14-4-1)47-50-48(29-15-5-2-6-16-29)52-49(51-47)37-27-42-43(33-19-8-7-17-31(33)37)38-25-30(23-24-41(38)54-42)35-26-36-32-18-9-11-21-39(32)53-45(36)44-34-20-10-12-22-40(34)55-46(35)44/h1-27H. The Morgan fingerprint density at radius 1 is 0.364 bits per heavy atom. The van der Waals surface area contributed by atoms with E-state index in [2.05, 4.69) is 121 Å². The number of fused-ring (bicyclic) bond motifs is 12. The van der Waals surface area contributed by atoms with E-state index in [1.54, 1.807) is 0 Å². The summed E-state index contributed by atoms with van der Waals surface area (Å²) in [6, 6.07) is 57.7. The summed E-state index contributed by atoms with van der Waals surface area (Å²) in [4.78, 5) is 15.2. The molecule has 0 saturated heterocycles. The minimum atomic E-state index is 0.657. The van der Waals surface area contributed by atoms with Crippen LogP contribution in [0.15, 0.2) is 168 Å². The molecule has 0 saturated carbocycles. The smallest absolute Gasteiger partial charge is 0.164 e. The summed E-state index contributed by atoms with van der Waals surface area (Å²) in [5, 5.41) is 9.51. The van der Waals surface area contributed by atoms with E-state index in [0.717, 1.165) is 44.0 Å². The monoisotopic (exact) mass is 737 g/mol. The number of hydrogen-bond donors (Lipinski definition) is 0. The molecule has 0 atom stereocenters. The minimum Gasteiger partial charge on any atom is -0.455 e. The van der Waals surface area contributed by atoms with Crippen LogP contribution in [0.4, 0.5) is 0 Å². The molecular weight excluding hydrogens is 711 g/mol. The number of para-hydroxylation sites is 1. The first-order valence-electron chi connectivity index (χ1n) is 18.3. The molecule has 0 aliphatic carbocycles. The summed E-state index contributed by atoms with van der Waals surface area (Å²) < 4.78 is 11.5. The van der Waals surface area contributed by atoms with Crippen molar-refractivity contribution in [2.75, 3.05) is 0 Å². The molecule has 0 unspecified atom stereocenters. The molecule has 8 aromatic carbocycles. The Morgan fingerprint density at radius 3 is 1.75 bits per heavy atom. The molecule has 0 aliphatic heterocycles. The van der Waals surface area contributed by atoms with E-state index >= 15 is 0 Å². The zero-order chi connectivity index (χ0) is 36.0. The summed E-state index contributed by atoms with van der Waals surface area (Å²) >= 11 is 3.66. The van der Waals surface area contributed by atoms with Gasteiger partial charge in [0.2, 0.25) is 0 Å². The van der Waals surface area contributed by atoms with Crippen molar-refractivity contribution in [2.24, 2.45) is 0 Å². The third-order valence-corrected chi connectivity index (χ3v) is 13.0. The van der Waals surface area contributed by atoms with E-state index in [9.17, 15) is 0 Å². The Bertz CT molecular complexity index is 3430. The average molecular weight is 738 g/mol. The number of rotatable bonds is 4. The fraction of sp³-hybridized carbons (Fsp3) is 0. The van der Waals surface area contributed by atoms with Crippen LogP contribution in [0.1, 0.15) is 0 Å². The van der Waals surface area contributed by atoms with E-state index in [1.807, 2.05) is 65.1 Å². The van der Waals surface area contributed by atoms with Gasteiger partial charge in [-0.05, 0) is 52.7 Å². The summed E-state index contributed by atoms with van der Waals surface area (Å²) in [5.41, 5.74) is 7.21. The zero-order valence-corrected chi connectivity index (χ0v) is 30.8. The van der Waals surface area contributed by atoms with Crippen molar-refractivity contribution in [2.45, 2.75) is 0 Å². The van der Waals surface area contributed by atoms with Crippen molar-refractivity contribution in [3.8, 4) is 45.3 Å². The number of thiophene rings is 2. The minimum absolute atomic E-state index is 0.657. The van der Waals surface area contributed by atoms with Crippen LogP contribution in [-0.4, -0.2) is 15.0 Å². The normalized spacial score (nSPS) is 12.0. The second-order valence-corrected chi connectivity index (χ2v) is 16.0. The largest absolute Gasteiger partial charge is 0.455 e. The fourth-order valence-electron chi connectivity index (χ4n) is 8.20. The highest BCUT2D eigenvalue weighted by Gasteiger charge is 2.21. The highest BCUT2D eigenvalue weighted by atomic mass is 32.1. The van der Waals surface area contributed by atoms with Crippen LogP contribution in [0.25, 0.3) is 118 Å². The summed E-state index contributed by atoms with van der Waals surface area (Å²) in [7, 11) is 0. The molecule has 0 amide bonds. The molecule has 6 heteroatoms. The third kappa shape index (κ3) is 4.72. The summed E-state index contributed by atoms with van der Waals surface area (Å²) in [5.74, 6) is 1.98. The lowest BCUT2D eigenvalue weighted by Gasteiger charge is -2.11. The van der Waals surface area contributed by atoms with Gasteiger partial charge in [-0.25, -0.2) is 15.0 Å². The number of nitrogens with zero attached hydrogens (tertiary/aromatic N) is 3. The molecule has 12 aromatic rings. The van der Waals surface area contributed by atoms with E-state index in [-0.39, 0.29) is 0 Å². The molecule has 4 nitrogen and oxygen atoms in total. The van der Waals surface area contributed by atoms with E-state index in [1.165, 1.54) is 56.9 Å². The van der Waals surface area contributed by atoms with E-state index < -0.39 is 0 Å². The molecule has 0 radical (unpaired) electrons. The Hall–Kier alpha value is -6.73. The molecule has 0 aliphatic rings. The highest BCUT2D eigenvalue weighted by Crippen LogP contribution is 2.49. The van der Waals surface area contributed by atoms with Gasteiger partial charge >= 0.3 is 0 Å². The quantitative estimate of drug-likeness (QED) is 0.180. The van der Waals surface area contributed by atoms with Crippen molar-refractivity contribution >= 4 is 95.7 Å². The zero-order valence-electron chi connectivity index (χ0n) is 29.2. The van der Waals surface area contributed by atoms with Crippen LogP contribution < -0.4 is 0 Å². The Balaban J connectivity index is 1.11. The maximum Gasteiger partial charge on any atom is 0.164 e. The fourth-order valence-corrected chi connectivity index (χ4v) is 10.6. The first kappa shape index (κ1) is 30.7. The van der Waals surface area contributed by atoms with Crippen LogP contribution >= 0.6 is 22.7 Å². The van der Waals surface area contributed by atoms with Crippen LogP contribution in [0.3, 0.4) is 0 Å². The number of aromatic nitrogens is 3. The van der Waals surface area contributed by atoms with Gasteiger partial charge in [-0.1, -0.05) is 127 Å². The lowest BCUT2D eigenvalue weighted by molar-refractivity contribution is 0.673. The van der Waals surface area contributed by atoms with Crippen molar-refractivity contribution in [3.63, 3.8) is 0 Å². The second-order valence-electron chi connectivity index (χ2n) is 13.9. The van der Waals surface area contributed by atoms with Crippen LogP contribution in [0.2, 0.25) is 0 Å². The van der Waals surface area contributed by atoms with Crippen LogP contribution in [0, 0.1) is 0 Å². The molecule has 256 valence electrons. The molecule has 0 bridgehead atoms. The van der Waals surface area contributed by atoms with Crippen LogP contribution in [-0.2, 0) is 0 Å². The third-order valence-electron chi connectivity index (χ3n) is 10.7. The van der Waals surface area contributed by atoms with Gasteiger partial charge in [-0.15, -0.1) is 22.7 Å². The maximum atomic E-state index is 6.59. The predicted molar refractivity (Wildman–Crippen MR) is 232 cm³/mol. The maximum absolute atomic E-state index is 6.59. The van der Waals surface area contributed by atoms with Gasteiger partial charge in [0.1, 0.15) is 11.2 Å². The van der Waals surface area contributed by atoms with Crippen LogP contribution in [0.5, 0.6) is 0 Å². The highest BCUT2D eigenvalue weighted by molar-refractivity contribution is 7.26. The van der Waals surface area contributed by atoms with Crippen molar-refractivity contribution < 1.29 is 4.42 Å². The SMILES string of the molecule is c1ccc(-c2nc(-c3ccccc3)nc(-c3cc4sc5ccc(-c6cc7c8ccccc8oc7c7c6sc6ccccc67)cc5c4c4ccccc34)n2)cc1. The second kappa shape index (κ2) is 11.9. The Kier molecular flexibility index (Phi) is 6.64. The van der Waals surface area contributed by atoms with E-state index in [0.29, 0.717) is 17.5 Å². The molecule has 12 rings (SSSR count). The van der Waals surface area contributed by atoms with Crippen molar-refractivity contribution in [3.05, 3.63) is 164 Å². The molecular formula is C49H27N3OS2. The summed E-state index contributed by atoms with van der Waals surface area (Å²) in [6.45, 7) is 0. The molecule has 4 heterocycles. The predicted octanol–water partition coefficient (Wildman–Crippen LogP) is 14.3. The topological polar surface area (TPSA) is 51.8 Å². The first-order valence-corrected chi connectivity index (χ1v) is 19.9. The van der Waals surface area contributed by atoms with Gasteiger partial charge in [0.05, 0.1) is 0 Å². The van der Waals surface area contributed by atoms with Gasteiger partial charge in [0, 0.05) is 73.4 Å². The molecule has 4 aromatic heterocycles. The average Bonchev–Trinajstić information content (AvgIpc) is 3.95. The first-order chi connectivity index (χ1) is 27.2. The van der Waals surface area contributed by atoms with Gasteiger partial charge in [-0.2, -0.15) is 0 Å². The van der Waals surface area contributed by atoms with Gasteiger partial charge in [-0.3, -0.25) is 0 Å².